The largest absolute Gasteiger partial charge is 0.378 e. The summed E-state index contributed by atoms with van der Waals surface area (Å²) in [7, 11) is 0. The van der Waals surface area contributed by atoms with Crippen LogP contribution in [0, 0.1) is 6.92 Å². The van der Waals surface area contributed by atoms with Crippen LogP contribution in [0.1, 0.15) is 28.8 Å². The number of ether oxygens (including phenoxy) is 1. The number of anilines is 1. The third kappa shape index (κ3) is 3.53. The molecule has 0 bridgehead atoms. The molecule has 0 radical (unpaired) electrons. The van der Waals surface area contributed by atoms with Crippen LogP contribution >= 0.6 is 0 Å². The van der Waals surface area contributed by atoms with Crippen LogP contribution in [0.4, 0.5) is 5.82 Å². The molecule has 1 saturated heterocycles. The molecule has 3 aromatic rings. The van der Waals surface area contributed by atoms with Crippen LogP contribution in [0.5, 0.6) is 0 Å². The molecule has 1 amide bonds. The Labute approximate surface area is 169 Å². The van der Waals surface area contributed by atoms with Gasteiger partial charge in [-0.1, -0.05) is 12.1 Å². The minimum Gasteiger partial charge on any atom is -0.378 e. The number of nitrogens with zero attached hydrogens (tertiary/aromatic N) is 4. The zero-order valence-corrected chi connectivity index (χ0v) is 16.4. The van der Waals surface area contributed by atoms with E-state index in [9.17, 15) is 4.79 Å². The third-order valence-corrected chi connectivity index (χ3v) is 5.59. The van der Waals surface area contributed by atoms with Crippen LogP contribution in [-0.2, 0) is 4.74 Å². The monoisotopic (exact) mass is 389 g/mol. The molecule has 1 aliphatic carbocycles. The molecule has 5 rings (SSSR count). The van der Waals surface area contributed by atoms with Gasteiger partial charge in [0.15, 0.2) is 5.82 Å². The Morgan fingerprint density at radius 3 is 2.83 bits per heavy atom. The summed E-state index contributed by atoms with van der Waals surface area (Å²) >= 11 is 0. The van der Waals surface area contributed by atoms with Crippen molar-refractivity contribution in [1.29, 1.82) is 0 Å². The van der Waals surface area contributed by atoms with Crippen molar-refractivity contribution in [3.8, 4) is 11.1 Å². The average Bonchev–Trinajstić information content (AvgIpc) is 3.57. The van der Waals surface area contributed by atoms with Gasteiger partial charge in [-0.15, -0.1) is 5.10 Å². The van der Waals surface area contributed by atoms with Crippen molar-refractivity contribution in [2.45, 2.75) is 25.8 Å². The summed E-state index contributed by atoms with van der Waals surface area (Å²) in [5, 5.41) is 12.5. The van der Waals surface area contributed by atoms with E-state index in [0.29, 0.717) is 19.3 Å². The highest BCUT2D eigenvalue weighted by Crippen LogP contribution is 2.30. The van der Waals surface area contributed by atoms with Crippen LogP contribution in [-0.4, -0.2) is 53.4 Å². The summed E-state index contributed by atoms with van der Waals surface area (Å²) in [4.78, 5) is 19.5. The lowest BCUT2D eigenvalue weighted by molar-refractivity contribution is 0.0950. The van der Waals surface area contributed by atoms with Gasteiger partial charge in [-0.2, -0.15) is 5.10 Å². The second-order valence-electron chi connectivity index (χ2n) is 7.66. The quantitative estimate of drug-likeness (QED) is 0.739. The first kappa shape index (κ1) is 18.0. The Hall–Kier alpha value is -3.06. The first-order valence-electron chi connectivity index (χ1n) is 10.1. The fourth-order valence-electron chi connectivity index (χ4n) is 3.78. The summed E-state index contributed by atoms with van der Waals surface area (Å²) < 4.78 is 5.44. The Bertz CT molecular complexity index is 1070. The molecule has 1 saturated carbocycles. The van der Waals surface area contributed by atoms with Gasteiger partial charge in [0.25, 0.3) is 5.91 Å². The number of carbonyl (C=O) groups is 1. The van der Waals surface area contributed by atoms with Gasteiger partial charge in [0, 0.05) is 41.8 Å². The van der Waals surface area contributed by atoms with Crippen molar-refractivity contribution in [1.82, 2.24) is 20.5 Å². The van der Waals surface area contributed by atoms with Crippen molar-refractivity contribution in [3.63, 3.8) is 0 Å². The number of hydrogen-bond donors (Lipinski definition) is 1. The normalized spacial score (nSPS) is 16.8. The molecule has 1 aliphatic heterocycles. The molecule has 7 nitrogen and oxygen atoms in total. The standard InChI is InChI=1S/C22H23N5O2/c1-14-18(3-2-4-19(14)22(28)25-17-5-6-17)15-11-16-13-24-26-21(20(16)23-12-15)27-7-9-29-10-8-27/h2-4,11-13,17H,5-10H2,1H3,(H,25,28). The Kier molecular flexibility index (Phi) is 4.60. The number of fused-ring (bicyclic) bond motifs is 1. The Morgan fingerprint density at radius 2 is 2.03 bits per heavy atom. The molecule has 148 valence electrons. The second-order valence-corrected chi connectivity index (χ2v) is 7.66. The summed E-state index contributed by atoms with van der Waals surface area (Å²) in [6.07, 6.45) is 5.75. The minimum atomic E-state index is 0.000990. The number of aromatic nitrogens is 3. The fourth-order valence-corrected chi connectivity index (χ4v) is 3.78. The number of pyridine rings is 1. The maximum absolute atomic E-state index is 12.6. The lowest BCUT2D eigenvalue weighted by Gasteiger charge is -2.27. The van der Waals surface area contributed by atoms with Gasteiger partial charge < -0.3 is 15.0 Å². The minimum absolute atomic E-state index is 0.000990. The van der Waals surface area contributed by atoms with Gasteiger partial charge in [0.1, 0.15) is 5.52 Å². The summed E-state index contributed by atoms with van der Waals surface area (Å²) in [5.41, 5.74) is 4.49. The van der Waals surface area contributed by atoms with E-state index < -0.39 is 0 Å². The number of hydrogen-bond acceptors (Lipinski definition) is 6. The number of benzene rings is 1. The molecule has 0 spiro atoms. The molecule has 3 heterocycles. The van der Waals surface area contributed by atoms with Gasteiger partial charge in [-0.3, -0.25) is 9.78 Å². The molecule has 29 heavy (non-hydrogen) atoms. The molecule has 0 unspecified atom stereocenters. The van der Waals surface area contributed by atoms with E-state index in [4.69, 9.17) is 9.72 Å². The van der Waals surface area contributed by atoms with E-state index in [1.165, 1.54) is 0 Å². The predicted octanol–water partition coefficient (Wildman–Crippen LogP) is 2.73. The molecule has 2 aromatic heterocycles. The highest BCUT2D eigenvalue weighted by atomic mass is 16.5. The van der Waals surface area contributed by atoms with Gasteiger partial charge >= 0.3 is 0 Å². The van der Waals surface area contributed by atoms with Gasteiger partial charge in [0.2, 0.25) is 0 Å². The molecule has 7 heteroatoms. The Balaban J connectivity index is 1.51. The van der Waals surface area contributed by atoms with Crippen LogP contribution in [0.25, 0.3) is 22.0 Å². The van der Waals surface area contributed by atoms with Crippen molar-refractivity contribution in [2.24, 2.45) is 0 Å². The zero-order chi connectivity index (χ0) is 19.8. The molecular formula is C22H23N5O2. The van der Waals surface area contributed by atoms with E-state index in [-0.39, 0.29) is 5.91 Å². The molecule has 1 N–H and O–H groups in total. The van der Waals surface area contributed by atoms with Crippen molar-refractivity contribution < 1.29 is 9.53 Å². The van der Waals surface area contributed by atoms with E-state index in [0.717, 1.165) is 64.9 Å². The van der Waals surface area contributed by atoms with Crippen molar-refractivity contribution in [3.05, 3.63) is 47.8 Å². The first-order chi connectivity index (χ1) is 14.2. The summed E-state index contributed by atoms with van der Waals surface area (Å²) in [5.74, 6) is 0.799. The van der Waals surface area contributed by atoms with Crippen molar-refractivity contribution in [2.75, 3.05) is 31.2 Å². The summed E-state index contributed by atoms with van der Waals surface area (Å²) in [6, 6.07) is 8.26. The maximum Gasteiger partial charge on any atom is 0.251 e. The van der Waals surface area contributed by atoms with Crippen molar-refractivity contribution >= 4 is 22.6 Å². The summed E-state index contributed by atoms with van der Waals surface area (Å²) in [6.45, 7) is 4.93. The van der Waals surface area contributed by atoms with E-state index in [2.05, 4.69) is 26.5 Å². The first-order valence-corrected chi connectivity index (χ1v) is 10.1. The molecule has 1 aromatic carbocycles. The fraction of sp³-hybridized carbons (Fsp3) is 0.364. The van der Waals surface area contributed by atoms with Crippen LogP contribution in [0.2, 0.25) is 0 Å². The SMILES string of the molecule is Cc1c(C(=O)NC2CC2)cccc1-c1cnc2c(N3CCOCC3)nncc2c1. The number of morpholine rings is 1. The molecular weight excluding hydrogens is 366 g/mol. The molecule has 2 fully saturated rings. The van der Waals surface area contributed by atoms with Crippen LogP contribution in [0.15, 0.2) is 36.7 Å². The van der Waals surface area contributed by atoms with Crippen LogP contribution < -0.4 is 10.2 Å². The number of amides is 1. The predicted molar refractivity (Wildman–Crippen MR) is 111 cm³/mol. The van der Waals surface area contributed by atoms with Gasteiger partial charge in [0.05, 0.1) is 19.4 Å². The topological polar surface area (TPSA) is 80.2 Å². The lowest BCUT2D eigenvalue weighted by Crippen LogP contribution is -2.37. The Morgan fingerprint density at radius 1 is 1.21 bits per heavy atom. The highest BCUT2D eigenvalue weighted by molar-refractivity contribution is 5.98. The highest BCUT2D eigenvalue weighted by Gasteiger charge is 2.25. The van der Waals surface area contributed by atoms with E-state index >= 15 is 0 Å². The second kappa shape index (κ2) is 7.40. The van der Waals surface area contributed by atoms with Gasteiger partial charge in [-0.05, 0) is 43.0 Å². The number of carbonyl (C=O) groups excluding carboxylic acids is 1. The molecule has 2 aliphatic rings. The molecule has 0 atom stereocenters. The number of nitrogens with one attached hydrogen (secondary N) is 1. The van der Waals surface area contributed by atoms with Gasteiger partial charge in [-0.25, -0.2) is 0 Å². The lowest BCUT2D eigenvalue weighted by atomic mass is 9.96. The smallest absolute Gasteiger partial charge is 0.251 e. The third-order valence-electron chi connectivity index (χ3n) is 5.59. The van der Waals surface area contributed by atoms with E-state index in [1.807, 2.05) is 31.3 Å². The maximum atomic E-state index is 12.6. The van der Waals surface area contributed by atoms with E-state index in [1.54, 1.807) is 6.20 Å². The zero-order valence-electron chi connectivity index (χ0n) is 16.4. The number of rotatable bonds is 4. The van der Waals surface area contributed by atoms with Crippen LogP contribution in [0.3, 0.4) is 0 Å². The average molecular weight is 389 g/mol.